The molecular formula is C11H18N4O2S2. The van der Waals surface area contributed by atoms with Crippen LogP contribution in [0.4, 0.5) is 5.13 Å². The van der Waals surface area contributed by atoms with Gasteiger partial charge in [0.2, 0.25) is 11.0 Å². The van der Waals surface area contributed by atoms with Crippen molar-refractivity contribution in [3.8, 4) is 0 Å². The lowest BCUT2D eigenvalue weighted by atomic mass is 10.4. The lowest BCUT2D eigenvalue weighted by molar-refractivity contribution is -0.120. The number of rotatable bonds is 8. The summed E-state index contributed by atoms with van der Waals surface area (Å²) in [5.74, 6) is -0.00560. The minimum absolute atomic E-state index is 0.00560. The van der Waals surface area contributed by atoms with Crippen LogP contribution in [0.15, 0.2) is 4.34 Å². The highest BCUT2D eigenvalue weighted by Crippen LogP contribution is 2.31. The van der Waals surface area contributed by atoms with Gasteiger partial charge in [-0.25, -0.2) is 0 Å². The zero-order chi connectivity index (χ0) is 13.7. The number of nitrogens with one attached hydrogen (secondary N) is 2. The molecule has 1 atom stereocenters. The van der Waals surface area contributed by atoms with Crippen LogP contribution in [0.1, 0.15) is 19.8 Å². The first-order valence-electron chi connectivity index (χ1n) is 6.22. The van der Waals surface area contributed by atoms with Crippen molar-refractivity contribution in [1.29, 1.82) is 0 Å². The summed E-state index contributed by atoms with van der Waals surface area (Å²) in [5, 5.41) is 14.9. The quantitative estimate of drug-likeness (QED) is 0.558. The Morgan fingerprint density at radius 1 is 1.58 bits per heavy atom. The number of thioether (sulfide) groups is 1. The Labute approximate surface area is 120 Å². The van der Waals surface area contributed by atoms with Crippen LogP contribution >= 0.6 is 23.1 Å². The molecule has 1 aromatic rings. The number of nitrogens with zero attached hydrogens (tertiary/aromatic N) is 2. The average Bonchev–Trinajstić information content (AvgIpc) is 3.09. The zero-order valence-corrected chi connectivity index (χ0v) is 12.6. The highest BCUT2D eigenvalue weighted by atomic mass is 32.2. The van der Waals surface area contributed by atoms with Gasteiger partial charge in [-0.3, -0.25) is 4.79 Å². The van der Waals surface area contributed by atoms with Crippen LogP contribution in [0.2, 0.25) is 0 Å². The molecule has 1 aliphatic rings. The van der Waals surface area contributed by atoms with Crippen LogP contribution in [-0.2, 0) is 9.53 Å². The molecule has 0 bridgehead atoms. The normalized spacial score (nSPS) is 16.1. The van der Waals surface area contributed by atoms with Crippen molar-refractivity contribution in [2.24, 2.45) is 0 Å². The number of aromatic nitrogens is 2. The second-order valence-electron chi connectivity index (χ2n) is 4.34. The number of anilines is 1. The van der Waals surface area contributed by atoms with Gasteiger partial charge in [0, 0.05) is 19.7 Å². The van der Waals surface area contributed by atoms with E-state index in [1.165, 1.54) is 35.9 Å². The van der Waals surface area contributed by atoms with E-state index in [1.54, 1.807) is 7.11 Å². The highest BCUT2D eigenvalue weighted by molar-refractivity contribution is 8.02. The monoisotopic (exact) mass is 302 g/mol. The van der Waals surface area contributed by atoms with E-state index < -0.39 is 0 Å². The smallest absolute Gasteiger partial charge is 0.233 e. The van der Waals surface area contributed by atoms with E-state index in [-0.39, 0.29) is 11.2 Å². The fraction of sp³-hybridized carbons (Fsp3) is 0.727. The van der Waals surface area contributed by atoms with Gasteiger partial charge in [0.25, 0.3) is 0 Å². The average molecular weight is 302 g/mol. The standard InChI is InChI=1S/C11H18N4O2S2/c1-7(9(16)12-5-6-17-2)18-11-15-14-10(19-11)13-8-3-4-8/h7-8H,3-6H2,1-2H3,(H,12,16)(H,13,14)/t7-/m0/s1. The summed E-state index contributed by atoms with van der Waals surface area (Å²) in [6.07, 6.45) is 2.42. The van der Waals surface area contributed by atoms with E-state index in [9.17, 15) is 4.79 Å². The molecule has 0 unspecified atom stereocenters. The van der Waals surface area contributed by atoms with E-state index in [0.717, 1.165) is 9.47 Å². The predicted octanol–water partition coefficient (Wildman–Crippen LogP) is 1.36. The Hall–Kier alpha value is -0.860. The number of amides is 1. The SMILES string of the molecule is COCCNC(=O)[C@H](C)Sc1nnc(NC2CC2)s1. The molecule has 6 nitrogen and oxygen atoms in total. The molecule has 1 amide bonds. The summed E-state index contributed by atoms with van der Waals surface area (Å²) in [4.78, 5) is 11.8. The fourth-order valence-corrected chi connectivity index (χ4v) is 3.34. The minimum Gasteiger partial charge on any atom is -0.383 e. The van der Waals surface area contributed by atoms with E-state index >= 15 is 0 Å². The molecule has 1 aliphatic carbocycles. The summed E-state index contributed by atoms with van der Waals surface area (Å²) in [6, 6.07) is 0.570. The molecule has 0 aliphatic heterocycles. The molecular weight excluding hydrogens is 284 g/mol. The molecule has 1 aromatic heterocycles. The van der Waals surface area contributed by atoms with Gasteiger partial charge in [-0.05, 0) is 19.8 Å². The molecule has 2 N–H and O–H groups in total. The number of carbonyl (C=O) groups excluding carboxylic acids is 1. The third-order valence-electron chi connectivity index (χ3n) is 2.56. The molecule has 106 valence electrons. The van der Waals surface area contributed by atoms with Gasteiger partial charge in [0.05, 0.1) is 11.9 Å². The van der Waals surface area contributed by atoms with Crippen molar-refractivity contribution in [2.45, 2.75) is 35.4 Å². The van der Waals surface area contributed by atoms with Gasteiger partial charge in [-0.15, -0.1) is 10.2 Å². The maximum Gasteiger partial charge on any atom is 0.233 e. The first kappa shape index (κ1) is 14.5. The van der Waals surface area contributed by atoms with Crippen LogP contribution in [0.3, 0.4) is 0 Å². The molecule has 1 heterocycles. The molecule has 1 saturated carbocycles. The van der Waals surface area contributed by atoms with E-state index in [2.05, 4.69) is 20.8 Å². The summed E-state index contributed by atoms with van der Waals surface area (Å²) >= 11 is 2.93. The highest BCUT2D eigenvalue weighted by Gasteiger charge is 2.23. The minimum atomic E-state index is -0.182. The van der Waals surface area contributed by atoms with Crippen LogP contribution < -0.4 is 10.6 Å². The van der Waals surface area contributed by atoms with Crippen molar-refractivity contribution in [3.05, 3.63) is 0 Å². The van der Waals surface area contributed by atoms with Gasteiger partial charge in [-0.1, -0.05) is 23.1 Å². The third kappa shape index (κ3) is 4.96. The predicted molar refractivity (Wildman–Crippen MR) is 76.8 cm³/mol. The second-order valence-corrected chi connectivity index (χ2v) is 6.90. The zero-order valence-electron chi connectivity index (χ0n) is 11.0. The maximum atomic E-state index is 11.8. The third-order valence-corrected chi connectivity index (χ3v) is 4.60. The van der Waals surface area contributed by atoms with Crippen LogP contribution in [0.5, 0.6) is 0 Å². The van der Waals surface area contributed by atoms with Crippen LogP contribution in [0.25, 0.3) is 0 Å². The molecule has 8 heteroatoms. The number of methoxy groups -OCH3 is 1. The van der Waals surface area contributed by atoms with Crippen molar-refractivity contribution in [2.75, 3.05) is 25.6 Å². The van der Waals surface area contributed by atoms with Crippen molar-refractivity contribution in [1.82, 2.24) is 15.5 Å². The summed E-state index contributed by atoms with van der Waals surface area (Å²) in [7, 11) is 1.61. The van der Waals surface area contributed by atoms with Crippen LogP contribution in [0, 0.1) is 0 Å². The Morgan fingerprint density at radius 2 is 2.37 bits per heavy atom. The topological polar surface area (TPSA) is 76.1 Å². The Bertz CT molecular complexity index is 423. The molecule has 1 fully saturated rings. The van der Waals surface area contributed by atoms with Gasteiger partial charge in [0.15, 0.2) is 4.34 Å². The fourth-order valence-electron chi connectivity index (χ4n) is 1.34. The van der Waals surface area contributed by atoms with Crippen molar-refractivity contribution < 1.29 is 9.53 Å². The molecule has 2 rings (SSSR count). The Morgan fingerprint density at radius 3 is 3.05 bits per heavy atom. The first-order chi connectivity index (χ1) is 9.19. The first-order valence-corrected chi connectivity index (χ1v) is 7.92. The second kappa shape index (κ2) is 7.06. The van der Waals surface area contributed by atoms with Crippen molar-refractivity contribution >= 4 is 34.1 Å². The maximum absolute atomic E-state index is 11.8. The number of hydrogen-bond acceptors (Lipinski definition) is 7. The molecule has 0 aromatic carbocycles. The van der Waals surface area contributed by atoms with Gasteiger partial charge in [0.1, 0.15) is 0 Å². The largest absolute Gasteiger partial charge is 0.383 e. The summed E-state index contributed by atoms with van der Waals surface area (Å²) < 4.78 is 5.70. The van der Waals surface area contributed by atoms with Gasteiger partial charge >= 0.3 is 0 Å². The van der Waals surface area contributed by atoms with E-state index in [0.29, 0.717) is 19.2 Å². The van der Waals surface area contributed by atoms with Crippen LogP contribution in [-0.4, -0.2) is 47.7 Å². The number of ether oxygens (including phenoxy) is 1. The van der Waals surface area contributed by atoms with Gasteiger partial charge < -0.3 is 15.4 Å². The number of hydrogen-bond donors (Lipinski definition) is 2. The Balaban J connectivity index is 1.75. The molecule has 19 heavy (non-hydrogen) atoms. The molecule has 0 saturated heterocycles. The van der Waals surface area contributed by atoms with Gasteiger partial charge in [-0.2, -0.15) is 0 Å². The van der Waals surface area contributed by atoms with E-state index in [1.807, 2.05) is 6.92 Å². The Kier molecular flexibility index (Phi) is 5.41. The lowest BCUT2D eigenvalue weighted by Crippen LogP contribution is -2.33. The summed E-state index contributed by atoms with van der Waals surface area (Å²) in [5.41, 5.74) is 0. The summed E-state index contributed by atoms with van der Waals surface area (Å²) in [6.45, 7) is 2.92. The molecule has 0 spiro atoms. The lowest BCUT2D eigenvalue weighted by Gasteiger charge is -2.09. The molecule has 0 radical (unpaired) electrons. The van der Waals surface area contributed by atoms with E-state index in [4.69, 9.17) is 4.74 Å². The number of carbonyl (C=O) groups is 1. The van der Waals surface area contributed by atoms with Crippen molar-refractivity contribution in [3.63, 3.8) is 0 Å².